The lowest BCUT2D eigenvalue weighted by atomic mass is 9.98. The molecule has 0 amide bonds. The molecule has 0 aliphatic heterocycles. The van der Waals surface area contributed by atoms with Crippen LogP contribution in [0.15, 0.2) is 235 Å². The van der Waals surface area contributed by atoms with Gasteiger partial charge in [-0.2, -0.15) is 0 Å². The Kier molecular flexibility index (Phi) is 8.52. The van der Waals surface area contributed by atoms with Gasteiger partial charge in [-0.05, 0) is 91.6 Å². The summed E-state index contributed by atoms with van der Waals surface area (Å²) in [4.78, 5) is 16.0. The maximum atomic E-state index is 6.79. The minimum absolute atomic E-state index is 0.570. The summed E-state index contributed by atoms with van der Waals surface area (Å²) in [6, 6.07) is 81.6. The van der Waals surface area contributed by atoms with Crippen LogP contribution in [0.3, 0.4) is 0 Å². The lowest BCUT2D eigenvalue weighted by molar-refractivity contribution is 0.669. The quantitative estimate of drug-likeness (QED) is 0.167. The molecule has 0 aliphatic carbocycles. The Labute approximate surface area is 390 Å². The number of nitrogens with zero attached hydrogens (tertiary/aromatic N) is 4. The molecule has 3 aromatic heterocycles. The zero-order valence-electron chi connectivity index (χ0n) is 36.6. The number of fused-ring (bicyclic) bond motifs is 11. The zero-order chi connectivity index (χ0) is 44.7. The van der Waals surface area contributed by atoms with E-state index >= 15 is 0 Å². The van der Waals surface area contributed by atoms with E-state index in [2.05, 4.69) is 217 Å². The van der Waals surface area contributed by atoms with Crippen molar-refractivity contribution in [3.63, 3.8) is 0 Å². The van der Waals surface area contributed by atoms with Crippen molar-refractivity contribution in [3.05, 3.63) is 231 Å². The van der Waals surface area contributed by atoms with Crippen LogP contribution in [-0.2, 0) is 0 Å². The fraction of sp³-hybridized carbons (Fsp3) is 0. The van der Waals surface area contributed by atoms with E-state index < -0.39 is 0 Å². The van der Waals surface area contributed by atoms with Crippen LogP contribution in [0.2, 0.25) is 0 Å². The molecule has 316 valence electrons. The minimum atomic E-state index is 0.570. The normalized spacial score (nSPS) is 11.8. The maximum Gasteiger partial charge on any atom is 0.164 e. The Morgan fingerprint density at radius 2 is 0.897 bits per heavy atom. The van der Waals surface area contributed by atoms with Crippen LogP contribution in [0.25, 0.3) is 138 Å². The highest BCUT2D eigenvalue weighted by atomic mass is 16.3. The SMILES string of the molecule is c1ccc(-c2cccc(-c3nc(-c4ccccc4-c4ccccc4)nc(-c4cccc5oc6ccc7ccc(-n8c9cc%10ccccc%10cc9c9ccc%10ccccc%10c98)cc7c6c45)n3)c2)cc1. The third kappa shape index (κ3) is 6.06. The molecule has 0 bridgehead atoms. The predicted molar refractivity (Wildman–Crippen MR) is 281 cm³/mol. The first-order valence-corrected chi connectivity index (χ1v) is 23.0. The number of furan rings is 1. The average Bonchev–Trinajstić information content (AvgIpc) is 3.96. The van der Waals surface area contributed by atoms with Gasteiger partial charge in [0.1, 0.15) is 11.2 Å². The smallest absolute Gasteiger partial charge is 0.164 e. The highest BCUT2D eigenvalue weighted by Crippen LogP contribution is 2.43. The number of hydrogen-bond donors (Lipinski definition) is 0. The Morgan fingerprint density at radius 1 is 0.309 bits per heavy atom. The predicted octanol–water partition coefficient (Wildman–Crippen LogP) is 16.7. The van der Waals surface area contributed by atoms with Crippen LogP contribution in [0.4, 0.5) is 0 Å². The van der Waals surface area contributed by atoms with Crippen molar-refractivity contribution in [2.45, 2.75) is 0 Å². The van der Waals surface area contributed by atoms with Crippen molar-refractivity contribution < 1.29 is 4.42 Å². The first-order valence-electron chi connectivity index (χ1n) is 23.0. The van der Waals surface area contributed by atoms with Gasteiger partial charge in [0, 0.05) is 49.3 Å². The van der Waals surface area contributed by atoms with Gasteiger partial charge in [0.2, 0.25) is 0 Å². The third-order valence-corrected chi connectivity index (χ3v) is 13.6. The fourth-order valence-electron chi connectivity index (χ4n) is 10.4. The molecule has 0 unspecified atom stereocenters. The fourth-order valence-corrected chi connectivity index (χ4v) is 10.4. The van der Waals surface area contributed by atoms with E-state index in [-0.39, 0.29) is 0 Å². The monoisotopic (exact) mass is 866 g/mol. The van der Waals surface area contributed by atoms with Gasteiger partial charge in [-0.1, -0.05) is 188 Å². The van der Waals surface area contributed by atoms with E-state index in [9.17, 15) is 0 Å². The van der Waals surface area contributed by atoms with Gasteiger partial charge in [0.25, 0.3) is 0 Å². The summed E-state index contributed by atoms with van der Waals surface area (Å²) >= 11 is 0. The van der Waals surface area contributed by atoms with Crippen molar-refractivity contribution in [2.24, 2.45) is 0 Å². The second-order valence-corrected chi connectivity index (χ2v) is 17.5. The highest BCUT2D eigenvalue weighted by molar-refractivity contribution is 6.24. The van der Waals surface area contributed by atoms with Crippen molar-refractivity contribution in [3.8, 4) is 62.1 Å². The molecule has 0 spiro atoms. The van der Waals surface area contributed by atoms with E-state index in [0.717, 1.165) is 82.9 Å². The molecule has 0 N–H and O–H groups in total. The van der Waals surface area contributed by atoms with Crippen molar-refractivity contribution >= 4 is 76.1 Å². The molecule has 0 atom stereocenters. The van der Waals surface area contributed by atoms with E-state index in [0.29, 0.717) is 17.5 Å². The van der Waals surface area contributed by atoms with E-state index in [1.54, 1.807) is 0 Å². The number of hydrogen-bond acceptors (Lipinski definition) is 4. The van der Waals surface area contributed by atoms with E-state index in [4.69, 9.17) is 19.4 Å². The minimum Gasteiger partial charge on any atom is -0.456 e. The lowest BCUT2D eigenvalue weighted by Crippen LogP contribution is -2.01. The molecule has 68 heavy (non-hydrogen) atoms. The zero-order valence-corrected chi connectivity index (χ0v) is 36.6. The summed E-state index contributed by atoms with van der Waals surface area (Å²) in [5, 5.41) is 11.5. The molecular formula is C63H38N4O. The third-order valence-electron chi connectivity index (χ3n) is 13.6. The van der Waals surface area contributed by atoms with E-state index in [1.165, 1.54) is 37.8 Å². The first-order chi connectivity index (χ1) is 33.7. The molecule has 14 rings (SSSR count). The molecule has 0 radical (unpaired) electrons. The summed E-state index contributed by atoms with van der Waals surface area (Å²) in [5.41, 5.74) is 12.0. The molecule has 5 heteroatoms. The van der Waals surface area contributed by atoms with Crippen LogP contribution >= 0.6 is 0 Å². The van der Waals surface area contributed by atoms with Crippen molar-refractivity contribution in [1.82, 2.24) is 19.5 Å². The van der Waals surface area contributed by atoms with Crippen molar-refractivity contribution in [2.75, 3.05) is 0 Å². The maximum absolute atomic E-state index is 6.79. The van der Waals surface area contributed by atoms with Gasteiger partial charge in [-0.3, -0.25) is 0 Å². The molecular weight excluding hydrogens is 829 g/mol. The Hall–Kier alpha value is -9.19. The number of rotatable bonds is 6. The van der Waals surface area contributed by atoms with Gasteiger partial charge < -0.3 is 8.98 Å². The number of aromatic nitrogens is 4. The van der Waals surface area contributed by atoms with Gasteiger partial charge >= 0.3 is 0 Å². The molecule has 0 saturated heterocycles. The van der Waals surface area contributed by atoms with Crippen LogP contribution in [0, 0.1) is 0 Å². The first kappa shape index (κ1) is 38.1. The van der Waals surface area contributed by atoms with Gasteiger partial charge in [-0.15, -0.1) is 0 Å². The van der Waals surface area contributed by atoms with E-state index in [1.807, 2.05) is 18.2 Å². The van der Waals surface area contributed by atoms with Crippen molar-refractivity contribution in [1.29, 1.82) is 0 Å². The molecule has 14 aromatic rings. The van der Waals surface area contributed by atoms with Gasteiger partial charge in [0.05, 0.1) is 11.0 Å². The number of benzene rings is 11. The lowest BCUT2D eigenvalue weighted by Gasteiger charge is -2.13. The molecule has 0 saturated carbocycles. The highest BCUT2D eigenvalue weighted by Gasteiger charge is 2.22. The summed E-state index contributed by atoms with van der Waals surface area (Å²) in [5.74, 6) is 1.76. The second-order valence-electron chi connectivity index (χ2n) is 17.5. The van der Waals surface area contributed by atoms with Crippen LogP contribution in [-0.4, -0.2) is 19.5 Å². The Morgan fingerprint density at radius 3 is 1.74 bits per heavy atom. The van der Waals surface area contributed by atoms with Crippen LogP contribution in [0.1, 0.15) is 0 Å². The molecule has 11 aromatic carbocycles. The van der Waals surface area contributed by atoms with Gasteiger partial charge in [-0.25, -0.2) is 15.0 Å². The second kappa shape index (κ2) is 15.2. The molecule has 3 heterocycles. The largest absolute Gasteiger partial charge is 0.456 e. The van der Waals surface area contributed by atoms with Crippen LogP contribution < -0.4 is 0 Å². The summed E-state index contributed by atoms with van der Waals surface area (Å²) in [7, 11) is 0. The summed E-state index contributed by atoms with van der Waals surface area (Å²) < 4.78 is 9.25. The molecule has 0 fully saturated rings. The van der Waals surface area contributed by atoms with Crippen LogP contribution in [0.5, 0.6) is 0 Å². The average molecular weight is 867 g/mol. The summed E-state index contributed by atoms with van der Waals surface area (Å²) in [6.07, 6.45) is 0. The van der Waals surface area contributed by atoms with Gasteiger partial charge in [0.15, 0.2) is 17.5 Å². The Bertz CT molecular complexity index is 4320. The Balaban J connectivity index is 1.03. The topological polar surface area (TPSA) is 56.7 Å². The molecule has 0 aliphatic rings. The molecule has 5 nitrogen and oxygen atoms in total. The summed E-state index contributed by atoms with van der Waals surface area (Å²) in [6.45, 7) is 0. The standard InChI is InChI=1S/C63H38N4O/c1-3-15-39(16-4-1)43-22-13-23-46(35-43)61-64-62(51-26-12-11-24-48(51)40-17-5-2-6-18-40)66-63(65-61)52-27-14-28-56-58(52)59-53-38-47(32-29-42(53)31-34-57(59)68-56)67-55-37-45-21-8-7-20-44(45)36-54(55)50-33-30-41-19-9-10-25-49(41)60(50)67/h1-38H.